The normalized spacial score (nSPS) is 21.8. The molecule has 0 aliphatic carbocycles. The lowest BCUT2D eigenvalue weighted by Crippen LogP contribution is -2.00. The molecule has 0 bridgehead atoms. The molecule has 1 aliphatic heterocycles. The van der Waals surface area contributed by atoms with E-state index in [9.17, 15) is 4.79 Å². The van der Waals surface area contributed by atoms with Crippen LogP contribution in [-0.2, 0) is 4.79 Å². The first-order chi connectivity index (χ1) is 4.79. The molecule has 3 nitrogen and oxygen atoms in total. The minimum Gasteiger partial charge on any atom is -0.481 e. The third-order valence-corrected chi connectivity index (χ3v) is 1.39. The standard InChI is InChI=1S/C7H9NO2/c9-7(10)2-1-6-3-4-8-5-6/h3-6H,1-2H2,(H,9,10). The fraction of sp³-hybridized carbons (Fsp3) is 0.429. The van der Waals surface area contributed by atoms with Crippen molar-refractivity contribution in [3.8, 4) is 0 Å². The average Bonchev–Trinajstić information content (AvgIpc) is 2.34. The molecule has 1 unspecified atom stereocenters. The van der Waals surface area contributed by atoms with Crippen molar-refractivity contribution < 1.29 is 9.90 Å². The Morgan fingerprint density at radius 2 is 2.50 bits per heavy atom. The van der Waals surface area contributed by atoms with Crippen LogP contribution >= 0.6 is 0 Å². The molecule has 0 saturated heterocycles. The summed E-state index contributed by atoms with van der Waals surface area (Å²) in [5.74, 6) is -0.496. The zero-order chi connectivity index (χ0) is 7.40. The molecule has 1 aliphatic rings. The van der Waals surface area contributed by atoms with Gasteiger partial charge in [-0.3, -0.25) is 9.79 Å². The summed E-state index contributed by atoms with van der Waals surface area (Å²) in [5.41, 5.74) is 0. The third-order valence-electron chi connectivity index (χ3n) is 1.39. The Bertz CT molecular complexity index is 172. The molecular weight excluding hydrogens is 130 g/mol. The van der Waals surface area contributed by atoms with E-state index in [0.29, 0.717) is 6.42 Å². The number of carbonyl (C=O) groups is 1. The number of nitrogens with zero attached hydrogens (tertiary/aromatic N) is 1. The first kappa shape index (κ1) is 6.99. The van der Waals surface area contributed by atoms with Gasteiger partial charge in [-0.05, 0) is 6.42 Å². The molecule has 0 spiro atoms. The maximum absolute atomic E-state index is 10.1. The SMILES string of the molecule is O=C(O)CCC1C=CN=C1. The number of allylic oxidation sites excluding steroid dienone is 1. The van der Waals surface area contributed by atoms with Gasteiger partial charge >= 0.3 is 5.97 Å². The monoisotopic (exact) mass is 139 g/mol. The lowest BCUT2D eigenvalue weighted by atomic mass is 10.1. The van der Waals surface area contributed by atoms with Crippen LogP contribution in [0.25, 0.3) is 0 Å². The predicted molar refractivity (Wildman–Crippen MR) is 38.0 cm³/mol. The first-order valence-corrected chi connectivity index (χ1v) is 3.21. The fourth-order valence-corrected chi connectivity index (χ4v) is 0.831. The second kappa shape index (κ2) is 3.15. The van der Waals surface area contributed by atoms with Crippen molar-refractivity contribution >= 4 is 12.2 Å². The van der Waals surface area contributed by atoms with Crippen molar-refractivity contribution in [2.24, 2.45) is 10.9 Å². The van der Waals surface area contributed by atoms with Gasteiger partial charge in [0.2, 0.25) is 0 Å². The number of aliphatic imine (C=N–C) groups is 1. The minimum absolute atomic E-state index is 0.223. The van der Waals surface area contributed by atoms with E-state index in [2.05, 4.69) is 4.99 Å². The van der Waals surface area contributed by atoms with Gasteiger partial charge in [0.05, 0.1) is 0 Å². The van der Waals surface area contributed by atoms with Crippen LogP contribution in [0.2, 0.25) is 0 Å². The van der Waals surface area contributed by atoms with Crippen molar-refractivity contribution in [3.63, 3.8) is 0 Å². The van der Waals surface area contributed by atoms with E-state index in [1.54, 1.807) is 12.4 Å². The summed E-state index contributed by atoms with van der Waals surface area (Å²) in [6.07, 6.45) is 6.26. The van der Waals surface area contributed by atoms with Gasteiger partial charge in [-0.25, -0.2) is 0 Å². The van der Waals surface area contributed by atoms with Crippen LogP contribution < -0.4 is 0 Å². The quantitative estimate of drug-likeness (QED) is 0.635. The second-order valence-electron chi connectivity index (χ2n) is 2.24. The number of rotatable bonds is 3. The van der Waals surface area contributed by atoms with Gasteiger partial charge in [0.15, 0.2) is 0 Å². The van der Waals surface area contributed by atoms with Gasteiger partial charge in [-0.2, -0.15) is 0 Å². The maximum Gasteiger partial charge on any atom is 0.303 e. The fourth-order valence-electron chi connectivity index (χ4n) is 0.831. The molecule has 1 atom stereocenters. The Kier molecular flexibility index (Phi) is 2.20. The summed E-state index contributed by atoms with van der Waals surface area (Å²) < 4.78 is 0. The van der Waals surface area contributed by atoms with Crippen LogP contribution in [0.15, 0.2) is 17.3 Å². The van der Waals surface area contributed by atoms with Crippen LogP contribution in [0, 0.1) is 5.92 Å². The molecule has 1 rings (SSSR count). The lowest BCUT2D eigenvalue weighted by Gasteiger charge is -1.98. The number of carboxylic acid groups (broad SMARTS) is 1. The molecule has 0 aromatic rings. The Labute approximate surface area is 59.1 Å². The van der Waals surface area contributed by atoms with Crippen molar-refractivity contribution in [2.75, 3.05) is 0 Å². The van der Waals surface area contributed by atoms with Crippen LogP contribution in [0.1, 0.15) is 12.8 Å². The first-order valence-electron chi connectivity index (χ1n) is 3.21. The van der Waals surface area contributed by atoms with Gasteiger partial charge in [-0.1, -0.05) is 6.08 Å². The summed E-state index contributed by atoms with van der Waals surface area (Å²) >= 11 is 0. The van der Waals surface area contributed by atoms with E-state index < -0.39 is 5.97 Å². The summed E-state index contributed by atoms with van der Waals surface area (Å²) in [4.78, 5) is 13.9. The predicted octanol–water partition coefficient (Wildman–Crippen LogP) is 1.07. The van der Waals surface area contributed by atoms with E-state index in [0.717, 1.165) is 0 Å². The zero-order valence-electron chi connectivity index (χ0n) is 5.53. The summed E-state index contributed by atoms with van der Waals surface area (Å²) in [6, 6.07) is 0. The Hall–Kier alpha value is -1.12. The Balaban J connectivity index is 2.20. The summed E-state index contributed by atoms with van der Waals surface area (Å²) in [6.45, 7) is 0. The molecule has 54 valence electrons. The highest BCUT2D eigenvalue weighted by molar-refractivity contribution is 5.70. The van der Waals surface area contributed by atoms with Crippen molar-refractivity contribution in [3.05, 3.63) is 12.3 Å². The highest BCUT2D eigenvalue weighted by atomic mass is 16.4. The van der Waals surface area contributed by atoms with Crippen molar-refractivity contribution in [1.29, 1.82) is 0 Å². The molecular formula is C7H9NO2. The van der Waals surface area contributed by atoms with E-state index in [1.165, 1.54) is 0 Å². The molecule has 1 heterocycles. The molecule has 0 aromatic heterocycles. The minimum atomic E-state index is -0.742. The zero-order valence-corrected chi connectivity index (χ0v) is 5.53. The Morgan fingerprint density at radius 3 is 3.00 bits per heavy atom. The number of hydrogen-bond donors (Lipinski definition) is 1. The highest BCUT2D eigenvalue weighted by Gasteiger charge is 2.06. The van der Waals surface area contributed by atoms with E-state index in [4.69, 9.17) is 5.11 Å². The van der Waals surface area contributed by atoms with Crippen molar-refractivity contribution in [2.45, 2.75) is 12.8 Å². The van der Waals surface area contributed by atoms with E-state index in [1.807, 2.05) is 6.08 Å². The Morgan fingerprint density at radius 1 is 1.70 bits per heavy atom. The van der Waals surface area contributed by atoms with Crippen LogP contribution in [0.5, 0.6) is 0 Å². The summed E-state index contributed by atoms with van der Waals surface area (Å²) in [5, 5.41) is 8.31. The van der Waals surface area contributed by atoms with Gasteiger partial charge in [0, 0.05) is 24.8 Å². The van der Waals surface area contributed by atoms with Gasteiger partial charge in [-0.15, -0.1) is 0 Å². The van der Waals surface area contributed by atoms with Gasteiger partial charge < -0.3 is 5.11 Å². The van der Waals surface area contributed by atoms with E-state index in [-0.39, 0.29) is 12.3 Å². The number of carboxylic acids is 1. The molecule has 1 N–H and O–H groups in total. The average molecular weight is 139 g/mol. The van der Waals surface area contributed by atoms with Gasteiger partial charge in [0.1, 0.15) is 0 Å². The molecule has 0 fully saturated rings. The topological polar surface area (TPSA) is 49.7 Å². The molecule has 3 heteroatoms. The highest BCUT2D eigenvalue weighted by Crippen LogP contribution is 2.09. The molecule has 0 radical (unpaired) electrons. The summed E-state index contributed by atoms with van der Waals surface area (Å²) in [7, 11) is 0. The smallest absolute Gasteiger partial charge is 0.303 e. The van der Waals surface area contributed by atoms with Crippen LogP contribution in [0.3, 0.4) is 0 Å². The molecule has 0 amide bonds. The molecule has 0 saturated carbocycles. The van der Waals surface area contributed by atoms with E-state index >= 15 is 0 Å². The lowest BCUT2D eigenvalue weighted by molar-refractivity contribution is -0.137. The molecule has 0 aromatic carbocycles. The largest absolute Gasteiger partial charge is 0.481 e. The van der Waals surface area contributed by atoms with Crippen LogP contribution in [0.4, 0.5) is 0 Å². The molecule has 10 heavy (non-hydrogen) atoms. The maximum atomic E-state index is 10.1. The third kappa shape index (κ3) is 2.01. The number of aliphatic carboxylic acids is 1. The second-order valence-corrected chi connectivity index (χ2v) is 2.24. The number of hydrogen-bond acceptors (Lipinski definition) is 2. The van der Waals surface area contributed by atoms with Gasteiger partial charge in [0.25, 0.3) is 0 Å². The van der Waals surface area contributed by atoms with Crippen LogP contribution in [-0.4, -0.2) is 17.3 Å². The van der Waals surface area contributed by atoms with Crippen molar-refractivity contribution in [1.82, 2.24) is 0 Å².